The lowest BCUT2D eigenvalue weighted by atomic mass is 9.77. The van der Waals surface area contributed by atoms with Crippen LogP contribution in [0.3, 0.4) is 0 Å². The highest BCUT2D eigenvalue weighted by Gasteiger charge is 2.44. The van der Waals surface area contributed by atoms with Gasteiger partial charge < -0.3 is 15.6 Å². The van der Waals surface area contributed by atoms with Crippen LogP contribution in [-0.4, -0.2) is 29.2 Å². The Kier molecular flexibility index (Phi) is 3.16. The maximum absolute atomic E-state index is 11.5. The molecule has 3 N–H and O–H groups in total. The summed E-state index contributed by atoms with van der Waals surface area (Å²) in [7, 11) is 0. The Morgan fingerprint density at radius 1 is 1.67 bits per heavy atom. The second-order valence-electron chi connectivity index (χ2n) is 4.67. The average Bonchev–Trinajstić information content (AvgIpc) is 2.11. The molecule has 0 saturated carbocycles. The lowest BCUT2D eigenvalue weighted by molar-refractivity contribution is -0.203. The van der Waals surface area contributed by atoms with Crippen molar-refractivity contribution in [3.8, 4) is 0 Å². The molecule has 0 radical (unpaired) electrons. The van der Waals surface area contributed by atoms with Gasteiger partial charge in [0.25, 0.3) is 0 Å². The zero-order chi connectivity index (χ0) is 11.8. The van der Waals surface area contributed by atoms with Crippen molar-refractivity contribution >= 4 is 11.7 Å². The molecule has 1 rings (SSSR count). The zero-order valence-corrected chi connectivity index (χ0v) is 9.19. The molecule has 3 atom stereocenters. The zero-order valence-electron chi connectivity index (χ0n) is 9.19. The van der Waals surface area contributed by atoms with Gasteiger partial charge in [-0.25, -0.2) is 0 Å². The van der Waals surface area contributed by atoms with Crippen molar-refractivity contribution < 1.29 is 19.4 Å². The van der Waals surface area contributed by atoms with Gasteiger partial charge in [-0.3, -0.25) is 9.59 Å². The summed E-state index contributed by atoms with van der Waals surface area (Å²) in [5.41, 5.74) is 4.48. The molecular formula is C10H17NO4. The van der Waals surface area contributed by atoms with Crippen LogP contribution in [0.25, 0.3) is 0 Å². The Hall–Kier alpha value is -0.940. The molecule has 1 saturated heterocycles. The molecule has 0 aromatic heterocycles. The molecule has 0 spiro atoms. The van der Waals surface area contributed by atoms with E-state index in [-0.39, 0.29) is 5.78 Å². The number of Topliss-reactive ketones (excluding diaryl/α,β-unsaturated/α-hetero) is 1. The first-order valence-corrected chi connectivity index (χ1v) is 4.93. The van der Waals surface area contributed by atoms with Crippen LogP contribution in [-0.2, 0) is 14.3 Å². The molecule has 86 valence electrons. The molecule has 0 aliphatic carbocycles. The van der Waals surface area contributed by atoms with Crippen molar-refractivity contribution in [1.82, 2.24) is 0 Å². The number of carbonyl (C=O) groups excluding carboxylic acids is 2. The number of hydrogen-bond acceptors (Lipinski definition) is 4. The number of carbonyl (C=O) groups is 2. The third-order valence-electron chi connectivity index (χ3n) is 2.91. The minimum atomic E-state index is -1.44. The van der Waals surface area contributed by atoms with Gasteiger partial charge in [0.15, 0.2) is 5.78 Å². The Bertz CT molecular complexity index is 287. The van der Waals surface area contributed by atoms with Gasteiger partial charge in [0, 0.05) is 5.41 Å². The normalized spacial score (nSPS) is 32.4. The van der Waals surface area contributed by atoms with Crippen LogP contribution in [0, 0.1) is 11.3 Å². The molecule has 2 unspecified atom stereocenters. The van der Waals surface area contributed by atoms with E-state index in [4.69, 9.17) is 10.5 Å². The number of aliphatic hydroxyl groups excluding tert-OH is 1. The summed E-state index contributed by atoms with van der Waals surface area (Å²) < 4.78 is 5.06. The molecule has 0 aromatic carbocycles. The summed E-state index contributed by atoms with van der Waals surface area (Å²) in [6, 6.07) is 0. The predicted octanol–water partition coefficient (Wildman–Crippen LogP) is -0.190. The Balaban J connectivity index is 2.81. The SMILES string of the molecule is CC(C(N)=O)C1CC(C)(C)C(=O)[C@H](O)O1. The second-order valence-corrected chi connectivity index (χ2v) is 4.67. The number of nitrogens with two attached hydrogens (primary N) is 1. The van der Waals surface area contributed by atoms with Crippen molar-refractivity contribution in [2.75, 3.05) is 0 Å². The maximum atomic E-state index is 11.5. The largest absolute Gasteiger partial charge is 0.369 e. The van der Waals surface area contributed by atoms with E-state index in [9.17, 15) is 14.7 Å². The summed E-state index contributed by atoms with van der Waals surface area (Å²) in [6.45, 7) is 5.08. The van der Waals surface area contributed by atoms with Crippen molar-refractivity contribution in [2.45, 2.75) is 39.6 Å². The van der Waals surface area contributed by atoms with Gasteiger partial charge in [0.1, 0.15) is 0 Å². The van der Waals surface area contributed by atoms with Gasteiger partial charge in [-0.2, -0.15) is 0 Å². The molecule has 1 heterocycles. The van der Waals surface area contributed by atoms with Gasteiger partial charge in [0.05, 0.1) is 12.0 Å². The van der Waals surface area contributed by atoms with E-state index < -0.39 is 29.6 Å². The third-order valence-corrected chi connectivity index (χ3v) is 2.91. The summed E-state index contributed by atoms with van der Waals surface area (Å²) >= 11 is 0. The van der Waals surface area contributed by atoms with Gasteiger partial charge in [-0.05, 0) is 6.42 Å². The number of aliphatic hydroxyl groups is 1. The molecule has 5 nitrogen and oxygen atoms in total. The summed E-state index contributed by atoms with van der Waals surface area (Å²) in [6.07, 6.45) is -1.54. The minimum absolute atomic E-state index is 0.351. The number of hydrogen-bond donors (Lipinski definition) is 2. The monoisotopic (exact) mass is 215 g/mol. The van der Waals surface area contributed by atoms with Crippen LogP contribution in [0.2, 0.25) is 0 Å². The van der Waals surface area contributed by atoms with E-state index in [0.29, 0.717) is 6.42 Å². The highest BCUT2D eigenvalue weighted by atomic mass is 16.6. The molecular weight excluding hydrogens is 198 g/mol. The van der Waals surface area contributed by atoms with E-state index in [1.807, 2.05) is 0 Å². The van der Waals surface area contributed by atoms with E-state index in [1.165, 1.54) is 0 Å². The molecule has 1 aliphatic rings. The van der Waals surface area contributed by atoms with Crippen LogP contribution >= 0.6 is 0 Å². The lowest BCUT2D eigenvalue weighted by Gasteiger charge is -2.38. The van der Waals surface area contributed by atoms with E-state index in [2.05, 4.69) is 0 Å². The van der Waals surface area contributed by atoms with Gasteiger partial charge >= 0.3 is 0 Å². The second kappa shape index (κ2) is 3.90. The van der Waals surface area contributed by atoms with Crippen molar-refractivity contribution in [1.29, 1.82) is 0 Å². The quantitative estimate of drug-likeness (QED) is 0.668. The summed E-state index contributed by atoms with van der Waals surface area (Å²) in [4.78, 5) is 22.5. The molecule has 1 fully saturated rings. The molecule has 1 amide bonds. The summed E-state index contributed by atoms with van der Waals surface area (Å²) in [5, 5.41) is 9.39. The van der Waals surface area contributed by atoms with Gasteiger partial charge in [-0.15, -0.1) is 0 Å². The smallest absolute Gasteiger partial charge is 0.222 e. The minimum Gasteiger partial charge on any atom is -0.369 e. The van der Waals surface area contributed by atoms with Crippen molar-refractivity contribution in [3.05, 3.63) is 0 Å². The topological polar surface area (TPSA) is 89.6 Å². The van der Waals surface area contributed by atoms with E-state index >= 15 is 0 Å². The third kappa shape index (κ3) is 2.35. The fourth-order valence-corrected chi connectivity index (χ4v) is 1.69. The number of primary amides is 1. The molecule has 0 bridgehead atoms. The Morgan fingerprint density at radius 3 is 2.60 bits per heavy atom. The number of ether oxygens (including phenoxy) is 1. The number of amides is 1. The number of rotatable bonds is 2. The van der Waals surface area contributed by atoms with E-state index in [1.54, 1.807) is 20.8 Å². The fourth-order valence-electron chi connectivity index (χ4n) is 1.69. The molecule has 1 aliphatic heterocycles. The highest BCUT2D eigenvalue weighted by Crippen LogP contribution is 2.34. The van der Waals surface area contributed by atoms with Crippen LogP contribution in [0.4, 0.5) is 0 Å². The van der Waals surface area contributed by atoms with Crippen LogP contribution in [0.5, 0.6) is 0 Å². The van der Waals surface area contributed by atoms with Crippen molar-refractivity contribution in [2.24, 2.45) is 17.1 Å². The standard InChI is InChI=1S/C10H17NO4/c1-5(8(11)13)6-4-10(2,3)7(12)9(14)15-6/h5-6,9,14H,4H2,1-3H3,(H2,11,13)/t5?,6?,9-/m1/s1. The average molecular weight is 215 g/mol. The lowest BCUT2D eigenvalue weighted by Crippen LogP contribution is -2.50. The van der Waals surface area contributed by atoms with Crippen LogP contribution in [0.1, 0.15) is 27.2 Å². The maximum Gasteiger partial charge on any atom is 0.222 e. The van der Waals surface area contributed by atoms with Crippen molar-refractivity contribution in [3.63, 3.8) is 0 Å². The summed E-state index contributed by atoms with van der Waals surface area (Å²) in [5.74, 6) is -1.35. The fraction of sp³-hybridized carbons (Fsp3) is 0.800. The van der Waals surface area contributed by atoms with Crippen LogP contribution in [0.15, 0.2) is 0 Å². The van der Waals surface area contributed by atoms with Gasteiger partial charge in [0.2, 0.25) is 12.2 Å². The highest BCUT2D eigenvalue weighted by molar-refractivity contribution is 5.88. The molecule has 0 aromatic rings. The first kappa shape index (κ1) is 12.1. The first-order chi connectivity index (χ1) is 6.75. The Morgan fingerprint density at radius 2 is 2.20 bits per heavy atom. The van der Waals surface area contributed by atoms with E-state index in [0.717, 1.165) is 0 Å². The number of ketones is 1. The first-order valence-electron chi connectivity index (χ1n) is 4.93. The van der Waals surface area contributed by atoms with Gasteiger partial charge in [-0.1, -0.05) is 20.8 Å². The van der Waals surface area contributed by atoms with Crippen LogP contribution < -0.4 is 5.73 Å². The Labute approximate surface area is 88.6 Å². The molecule has 5 heteroatoms. The molecule has 15 heavy (non-hydrogen) atoms. The predicted molar refractivity (Wildman–Crippen MR) is 52.6 cm³/mol.